The molecule has 2 aliphatic rings. The van der Waals surface area contributed by atoms with E-state index in [-0.39, 0.29) is 18.4 Å². The second kappa shape index (κ2) is 10.7. The molecular formula is C32H33N3O6. The Morgan fingerprint density at radius 1 is 0.829 bits per heavy atom. The van der Waals surface area contributed by atoms with Crippen molar-refractivity contribution in [1.82, 2.24) is 14.8 Å². The van der Waals surface area contributed by atoms with E-state index in [1.54, 1.807) is 38.2 Å². The average Bonchev–Trinajstić information content (AvgIpc) is 3.38. The highest BCUT2D eigenvalue weighted by Crippen LogP contribution is 2.44. The SMILES string of the molecule is COc1ccc(CCN2CC(=O)N3[C@@H](c4ccc(OC)c(OC)c4)c4[nH]c5ccccc5c4C[C@H]3C2=O)cc1OC. The van der Waals surface area contributed by atoms with Crippen LogP contribution in [0.5, 0.6) is 23.0 Å². The molecule has 1 aromatic heterocycles. The van der Waals surface area contributed by atoms with E-state index in [1.807, 2.05) is 54.6 Å². The molecule has 1 saturated heterocycles. The molecule has 2 aliphatic heterocycles. The predicted molar refractivity (Wildman–Crippen MR) is 154 cm³/mol. The third kappa shape index (κ3) is 4.51. The standard InChI is InChI=1S/C32H33N3O6/c1-38-25-11-9-19(15-27(25)40-3)13-14-34-18-29(36)35-24(32(34)37)17-22-21-7-5-6-8-23(21)33-30(22)31(35)20-10-12-26(39-2)28(16-20)41-4/h5-12,15-16,24,31,33H,13-14,17-18H2,1-4H3/t24-,31-/m0/s1. The Balaban J connectivity index is 1.36. The van der Waals surface area contributed by atoms with Crippen LogP contribution in [0, 0.1) is 0 Å². The van der Waals surface area contributed by atoms with E-state index in [0.717, 1.165) is 33.3 Å². The molecule has 3 aromatic carbocycles. The second-order valence-electron chi connectivity index (χ2n) is 10.3. The van der Waals surface area contributed by atoms with Gasteiger partial charge in [-0.25, -0.2) is 0 Å². The van der Waals surface area contributed by atoms with Gasteiger partial charge in [0.25, 0.3) is 0 Å². The van der Waals surface area contributed by atoms with Crippen molar-refractivity contribution < 1.29 is 28.5 Å². The summed E-state index contributed by atoms with van der Waals surface area (Å²) in [5.41, 5.74) is 4.81. The maximum absolute atomic E-state index is 14.1. The first-order valence-electron chi connectivity index (χ1n) is 13.6. The molecule has 0 spiro atoms. The number of nitrogens with zero attached hydrogens (tertiary/aromatic N) is 2. The van der Waals surface area contributed by atoms with Crippen LogP contribution in [0.3, 0.4) is 0 Å². The van der Waals surface area contributed by atoms with E-state index < -0.39 is 12.1 Å². The topological polar surface area (TPSA) is 93.3 Å². The monoisotopic (exact) mass is 555 g/mol. The van der Waals surface area contributed by atoms with Crippen LogP contribution in [0.1, 0.15) is 28.4 Å². The second-order valence-corrected chi connectivity index (χ2v) is 10.3. The number of aromatic nitrogens is 1. The van der Waals surface area contributed by atoms with E-state index >= 15 is 0 Å². The summed E-state index contributed by atoms with van der Waals surface area (Å²) in [7, 11) is 6.37. The number of nitrogens with one attached hydrogen (secondary N) is 1. The lowest BCUT2D eigenvalue weighted by molar-refractivity contribution is -0.158. The predicted octanol–water partition coefficient (Wildman–Crippen LogP) is 4.13. The van der Waals surface area contributed by atoms with Gasteiger partial charge in [-0.1, -0.05) is 30.3 Å². The number of benzene rings is 3. The average molecular weight is 556 g/mol. The van der Waals surface area contributed by atoms with Crippen LogP contribution in [0.4, 0.5) is 0 Å². The molecule has 0 radical (unpaired) electrons. The number of hydrogen-bond donors (Lipinski definition) is 1. The molecule has 212 valence electrons. The van der Waals surface area contributed by atoms with Crippen LogP contribution in [-0.2, 0) is 22.4 Å². The molecule has 1 N–H and O–H groups in total. The molecule has 0 unspecified atom stereocenters. The number of hydrogen-bond acceptors (Lipinski definition) is 6. The van der Waals surface area contributed by atoms with Crippen LogP contribution >= 0.6 is 0 Å². The van der Waals surface area contributed by atoms with Crippen LogP contribution in [0.15, 0.2) is 60.7 Å². The summed E-state index contributed by atoms with van der Waals surface area (Å²) >= 11 is 0. The van der Waals surface area contributed by atoms with Crippen molar-refractivity contribution in [1.29, 1.82) is 0 Å². The number of rotatable bonds is 8. The number of aromatic amines is 1. The van der Waals surface area contributed by atoms with E-state index in [9.17, 15) is 9.59 Å². The lowest BCUT2D eigenvalue weighted by Crippen LogP contribution is -2.63. The Bertz CT molecular complexity index is 1630. The summed E-state index contributed by atoms with van der Waals surface area (Å²) in [4.78, 5) is 35.0. The molecule has 1 fully saturated rings. The zero-order chi connectivity index (χ0) is 28.7. The number of methoxy groups -OCH3 is 4. The van der Waals surface area contributed by atoms with Gasteiger partial charge < -0.3 is 33.7 Å². The third-order valence-electron chi connectivity index (χ3n) is 8.18. The number of para-hydroxylation sites is 1. The number of H-pyrrole nitrogens is 1. The maximum atomic E-state index is 14.1. The van der Waals surface area contributed by atoms with Gasteiger partial charge in [-0.3, -0.25) is 9.59 Å². The fourth-order valence-electron chi connectivity index (χ4n) is 6.18. The number of carbonyl (C=O) groups is 2. The van der Waals surface area contributed by atoms with Crippen LogP contribution < -0.4 is 18.9 Å². The van der Waals surface area contributed by atoms with Crippen LogP contribution in [0.2, 0.25) is 0 Å². The minimum absolute atomic E-state index is 0.0158. The number of carbonyl (C=O) groups excluding carboxylic acids is 2. The van der Waals surface area contributed by atoms with Crippen LogP contribution in [-0.4, -0.2) is 74.2 Å². The van der Waals surface area contributed by atoms with Gasteiger partial charge in [-0.15, -0.1) is 0 Å². The summed E-state index contributed by atoms with van der Waals surface area (Å²) in [6, 6.07) is 18.4. The molecule has 9 nitrogen and oxygen atoms in total. The molecule has 3 heterocycles. The molecule has 2 atom stereocenters. The fourth-order valence-corrected chi connectivity index (χ4v) is 6.18. The van der Waals surface area contributed by atoms with Gasteiger partial charge in [0.2, 0.25) is 11.8 Å². The summed E-state index contributed by atoms with van der Waals surface area (Å²) in [6.45, 7) is 0.439. The number of amides is 2. The Kier molecular flexibility index (Phi) is 6.95. The molecule has 2 amide bonds. The zero-order valence-corrected chi connectivity index (χ0v) is 23.6. The highest BCUT2D eigenvalue weighted by molar-refractivity contribution is 5.97. The van der Waals surface area contributed by atoms with Crippen molar-refractivity contribution >= 4 is 22.7 Å². The van der Waals surface area contributed by atoms with Gasteiger partial charge in [0.1, 0.15) is 6.04 Å². The molecule has 6 rings (SSSR count). The van der Waals surface area contributed by atoms with Gasteiger partial charge in [0.05, 0.1) is 41.0 Å². The first-order valence-corrected chi connectivity index (χ1v) is 13.6. The van der Waals surface area contributed by atoms with E-state index in [4.69, 9.17) is 18.9 Å². The minimum Gasteiger partial charge on any atom is -0.493 e. The zero-order valence-electron chi connectivity index (χ0n) is 23.6. The van der Waals surface area contributed by atoms with Gasteiger partial charge in [-0.2, -0.15) is 0 Å². The van der Waals surface area contributed by atoms with Gasteiger partial charge in [0.15, 0.2) is 23.0 Å². The van der Waals surface area contributed by atoms with Gasteiger partial charge >= 0.3 is 0 Å². The Hall–Kier alpha value is -4.66. The first-order chi connectivity index (χ1) is 20.0. The fraction of sp³-hybridized carbons (Fsp3) is 0.312. The third-order valence-corrected chi connectivity index (χ3v) is 8.18. The quantitative estimate of drug-likeness (QED) is 0.352. The van der Waals surface area contributed by atoms with Gasteiger partial charge in [-0.05, 0) is 53.4 Å². The maximum Gasteiger partial charge on any atom is 0.246 e. The number of fused-ring (bicyclic) bond motifs is 4. The van der Waals surface area contributed by atoms with Crippen molar-refractivity contribution in [3.05, 3.63) is 83.0 Å². The molecular weight excluding hydrogens is 522 g/mol. The van der Waals surface area contributed by atoms with Crippen molar-refractivity contribution in [2.75, 3.05) is 41.5 Å². The van der Waals surface area contributed by atoms with Crippen molar-refractivity contribution in [3.8, 4) is 23.0 Å². The van der Waals surface area contributed by atoms with Crippen molar-refractivity contribution in [2.45, 2.75) is 24.9 Å². The molecule has 4 aromatic rings. The first kappa shape index (κ1) is 26.6. The van der Waals surface area contributed by atoms with Crippen molar-refractivity contribution in [2.24, 2.45) is 0 Å². The lowest BCUT2D eigenvalue weighted by Gasteiger charge is -2.47. The molecule has 0 bridgehead atoms. The van der Waals surface area contributed by atoms with E-state index in [1.165, 1.54) is 0 Å². The normalized spacial score (nSPS) is 18.2. The van der Waals surface area contributed by atoms with Crippen molar-refractivity contribution in [3.63, 3.8) is 0 Å². The summed E-state index contributed by atoms with van der Waals surface area (Å²) in [6.07, 6.45) is 1.03. The highest BCUT2D eigenvalue weighted by Gasteiger charge is 2.48. The molecule has 0 aliphatic carbocycles. The smallest absolute Gasteiger partial charge is 0.246 e. The molecule has 9 heteroatoms. The molecule has 0 saturated carbocycles. The highest BCUT2D eigenvalue weighted by atomic mass is 16.5. The summed E-state index contributed by atoms with van der Waals surface area (Å²) < 4.78 is 21.8. The van der Waals surface area contributed by atoms with Gasteiger partial charge in [0, 0.05) is 29.6 Å². The van der Waals surface area contributed by atoms with Crippen LogP contribution in [0.25, 0.3) is 10.9 Å². The molecule has 41 heavy (non-hydrogen) atoms. The number of ether oxygens (including phenoxy) is 4. The largest absolute Gasteiger partial charge is 0.493 e. The Labute approximate surface area is 238 Å². The van der Waals surface area contributed by atoms with E-state index in [0.29, 0.717) is 42.4 Å². The summed E-state index contributed by atoms with van der Waals surface area (Å²) in [5, 5.41) is 1.07. The number of piperazine rings is 1. The summed E-state index contributed by atoms with van der Waals surface area (Å²) in [5.74, 6) is 2.31. The van der Waals surface area contributed by atoms with E-state index in [2.05, 4.69) is 11.1 Å². The Morgan fingerprint density at radius 3 is 2.24 bits per heavy atom. The minimum atomic E-state index is -0.619. The Morgan fingerprint density at radius 2 is 1.51 bits per heavy atom. The lowest BCUT2D eigenvalue weighted by atomic mass is 9.86.